The van der Waals surface area contributed by atoms with Gasteiger partial charge in [0.1, 0.15) is 0 Å². The zero-order valence-corrected chi connectivity index (χ0v) is 46.3. The van der Waals surface area contributed by atoms with Gasteiger partial charge in [0.05, 0.1) is 25.4 Å². The first-order valence-corrected chi connectivity index (χ1v) is 30.8. The van der Waals surface area contributed by atoms with Gasteiger partial charge >= 0.3 is 5.97 Å². The molecule has 0 heterocycles. The van der Waals surface area contributed by atoms with Crippen molar-refractivity contribution in [2.75, 3.05) is 13.2 Å². The maximum atomic E-state index is 12.5. The quantitative estimate of drug-likeness (QED) is 0.0321. The van der Waals surface area contributed by atoms with Gasteiger partial charge in [-0.25, -0.2) is 0 Å². The third-order valence-corrected chi connectivity index (χ3v) is 14.1. The van der Waals surface area contributed by atoms with Gasteiger partial charge in [-0.3, -0.25) is 9.59 Å². The average molecular weight is 971 g/mol. The number of unbranched alkanes of at least 4 members (excludes halogenated alkanes) is 42. The highest BCUT2D eigenvalue weighted by atomic mass is 16.5. The van der Waals surface area contributed by atoms with Gasteiger partial charge in [0.15, 0.2) is 0 Å². The lowest BCUT2D eigenvalue weighted by Crippen LogP contribution is -2.45. The highest BCUT2D eigenvalue weighted by molar-refractivity contribution is 5.76. The molecule has 0 spiro atoms. The second-order valence-electron chi connectivity index (χ2n) is 21.0. The molecule has 2 unspecified atom stereocenters. The predicted molar refractivity (Wildman–Crippen MR) is 301 cm³/mol. The molecular weight excluding hydrogens is 851 g/mol. The fraction of sp³-hybridized carbons (Fsp3) is 0.873. The van der Waals surface area contributed by atoms with E-state index in [1.807, 2.05) is 6.08 Å². The zero-order chi connectivity index (χ0) is 50.0. The minimum absolute atomic E-state index is 0.0244. The second kappa shape index (κ2) is 58.6. The van der Waals surface area contributed by atoms with Gasteiger partial charge in [-0.2, -0.15) is 0 Å². The highest BCUT2D eigenvalue weighted by Gasteiger charge is 2.18. The maximum Gasteiger partial charge on any atom is 0.305 e. The van der Waals surface area contributed by atoms with Gasteiger partial charge in [-0.05, 0) is 89.9 Å². The maximum absolute atomic E-state index is 12.5. The van der Waals surface area contributed by atoms with E-state index in [0.717, 1.165) is 83.5 Å². The summed E-state index contributed by atoms with van der Waals surface area (Å²) < 4.78 is 5.47. The predicted octanol–water partition coefficient (Wildman–Crippen LogP) is 19.2. The van der Waals surface area contributed by atoms with Crippen molar-refractivity contribution in [1.29, 1.82) is 0 Å². The van der Waals surface area contributed by atoms with Crippen LogP contribution in [0.4, 0.5) is 0 Å². The van der Waals surface area contributed by atoms with Crippen molar-refractivity contribution < 1.29 is 24.5 Å². The lowest BCUT2D eigenvalue weighted by Gasteiger charge is -2.20. The van der Waals surface area contributed by atoms with Crippen molar-refractivity contribution in [1.82, 2.24) is 5.32 Å². The Morgan fingerprint density at radius 2 is 0.681 bits per heavy atom. The van der Waals surface area contributed by atoms with E-state index >= 15 is 0 Å². The molecule has 0 fully saturated rings. The van der Waals surface area contributed by atoms with E-state index < -0.39 is 12.1 Å². The number of rotatable bonds is 57. The van der Waals surface area contributed by atoms with Crippen molar-refractivity contribution in [2.24, 2.45) is 0 Å². The normalized spacial score (nSPS) is 12.8. The largest absolute Gasteiger partial charge is 0.466 e. The molecule has 0 saturated carbocycles. The smallest absolute Gasteiger partial charge is 0.305 e. The van der Waals surface area contributed by atoms with Crippen LogP contribution >= 0.6 is 0 Å². The standard InChI is InChI=1S/C63H119NO5/c1-3-5-7-9-11-13-15-17-19-21-23-24-26-27-29-31-35-39-43-47-51-55-61(66)60(59-65)64-62(67)56-52-48-44-40-36-33-34-38-42-46-50-54-58-69-63(68)57-53-49-45-41-37-32-30-28-25-22-20-18-16-14-12-10-8-6-4-2/h18,20,34,38,51,55,60-61,65-66H,3-17,19,21-33,35-37,39-50,52-54,56-59H2,1-2H3,(H,64,67)/b20-18-,38-34-,55-51+. The van der Waals surface area contributed by atoms with Crippen LogP contribution in [0.5, 0.6) is 0 Å². The molecule has 0 radical (unpaired) electrons. The van der Waals surface area contributed by atoms with Crippen molar-refractivity contribution >= 4 is 11.9 Å². The molecule has 6 heteroatoms. The number of hydrogen-bond acceptors (Lipinski definition) is 5. The Balaban J connectivity index is 3.51. The molecule has 0 aliphatic heterocycles. The number of carbonyl (C=O) groups excluding carboxylic acids is 2. The molecule has 0 aromatic heterocycles. The first-order valence-electron chi connectivity index (χ1n) is 30.8. The number of ether oxygens (including phenoxy) is 1. The van der Waals surface area contributed by atoms with Crippen LogP contribution in [0.25, 0.3) is 0 Å². The fourth-order valence-electron chi connectivity index (χ4n) is 9.39. The van der Waals surface area contributed by atoms with Crippen molar-refractivity contribution in [3.05, 3.63) is 36.5 Å². The summed E-state index contributed by atoms with van der Waals surface area (Å²) in [5.41, 5.74) is 0. The third kappa shape index (κ3) is 55.2. The van der Waals surface area contributed by atoms with Gasteiger partial charge in [0.25, 0.3) is 0 Å². The summed E-state index contributed by atoms with van der Waals surface area (Å²) in [6.07, 6.45) is 73.2. The number of nitrogens with one attached hydrogen (secondary N) is 1. The van der Waals surface area contributed by atoms with Crippen LogP contribution in [-0.2, 0) is 14.3 Å². The molecule has 6 nitrogen and oxygen atoms in total. The number of aliphatic hydroxyl groups is 2. The fourth-order valence-corrected chi connectivity index (χ4v) is 9.39. The molecule has 0 aromatic carbocycles. The van der Waals surface area contributed by atoms with Crippen LogP contribution in [0.2, 0.25) is 0 Å². The Bertz CT molecular complexity index is 1120. The first kappa shape index (κ1) is 67.1. The average Bonchev–Trinajstić information content (AvgIpc) is 3.35. The van der Waals surface area contributed by atoms with Gasteiger partial charge in [0.2, 0.25) is 5.91 Å². The summed E-state index contributed by atoms with van der Waals surface area (Å²) >= 11 is 0. The van der Waals surface area contributed by atoms with Crippen LogP contribution in [0.15, 0.2) is 36.5 Å². The molecule has 0 aromatic rings. The zero-order valence-electron chi connectivity index (χ0n) is 46.3. The summed E-state index contributed by atoms with van der Waals surface area (Å²) in [7, 11) is 0. The molecule has 0 saturated heterocycles. The van der Waals surface area contributed by atoms with E-state index in [0.29, 0.717) is 19.4 Å². The Morgan fingerprint density at radius 3 is 1.03 bits per heavy atom. The summed E-state index contributed by atoms with van der Waals surface area (Å²) in [5, 5.41) is 23.2. The molecule has 2 atom stereocenters. The SMILES string of the molecule is CCCCCCCC/C=C\CCCCCCCCCCCC(=O)OCCCCC/C=C\CCCCCCCC(=O)NC(CO)C(O)/C=C/CCCCCCCCCCCCCCCCCCCCC. The van der Waals surface area contributed by atoms with Crippen LogP contribution in [0, 0.1) is 0 Å². The Morgan fingerprint density at radius 1 is 0.391 bits per heavy atom. The second-order valence-corrected chi connectivity index (χ2v) is 21.0. The lowest BCUT2D eigenvalue weighted by atomic mass is 10.0. The monoisotopic (exact) mass is 970 g/mol. The van der Waals surface area contributed by atoms with Crippen LogP contribution in [-0.4, -0.2) is 47.4 Å². The van der Waals surface area contributed by atoms with Crippen molar-refractivity contribution in [3.63, 3.8) is 0 Å². The molecule has 0 rings (SSSR count). The van der Waals surface area contributed by atoms with E-state index in [1.165, 1.54) is 218 Å². The van der Waals surface area contributed by atoms with Crippen molar-refractivity contribution in [3.8, 4) is 0 Å². The first-order chi connectivity index (χ1) is 34.0. The Labute approximate surface area is 430 Å². The molecular formula is C63H119NO5. The number of carbonyl (C=O) groups is 2. The summed E-state index contributed by atoms with van der Waals surface area (Å²) in [5.74, 6) is -0.116. The minimum Gasteiger partial charge on any atom is -0.466 e. The minimum atomic E-state index is -0.862. The van der Waals surface area contributed by atoms with Gasteiger partial charge in [-0.1, -0.05) is 262 Å². The van der Waals surface area contributed by atoms with Gasteiger partial charge < -0.3 is 20.3 Å². The van der Waals surface area contributed by atoms with Crippen LogP contribution in [0.3, 0.4) is 0 Å². The molecule has 0 aliphatic carbocycles. The molecule has 0 bridgehead atoms. The third-order valence-electron chi connectivity index (χ3n) is 14.1. The molecule has 69 heavy (non-hydrogen) atoms. The van der Waals surface area contributed by atoms with Crippen LogP contribution < -0.4 is 5.32 Å². The molecule has 3 N–H and O–H groups in total. The molecule has 406 valence electrons. The van der Waals surface area contributed by atoms with E-state index in [-0.39, 0.29) is 18.5 Å². The number of esters is 1. The number of amides is 1. The van der Waals surface area contributed by atoms with Crippen LogP contribution in [0.1, 0.15) is 328 Å². The highest BCUT2D eigenvalue weighted by Crippen LogP contribution is 2.17. The summed E-state index contributed by atoms with van der Waals surface area (Å²) in [6, 6.07) is -0.648. The Kier molecular flexibility index (Phi) is 57.0. The van der Waals surface area contributed by atoms with Gasteiger partial charge in [0, 0.05) is 12.8 Å². The van der Waals surface area contributed by atoms with E-state index in [9.17, 15) is 19.8 Å². The Hall–Kier alpha value is -1.92. The van der Waals surface area contributed by atoms with E-state index in [4.69, 9.17) is 4.74 Å². The van der Waals surface area contributed by atoms with Gasteiger partial charge in [-0.15, -0.1) is 0 Å². The molecule has 1 amide bonds. The lowest BCUT2D eigenvalue weighted by molar-refractivity contribution is -0.143. The van der Waals surface area contributed by atoms with E-state index in [1.54, 1.807) is 6.08 Å². The number of hydrogen-bond donors (Lipinski definition) is 3. The number of allylic oxidation sites excluding steroid dienone is 5. The van der Waals surface area contributed by atoms with E-state index in [2.05, 4.69) is 43.5 Å². The topological polar surface area (TPSA) is 95.9 Å². The van der Waals surface area contributed by atoms with Crippen molar-refractivity contribution in [2.45, 2.75) is 341 Å². The molecule has 0 aliphatic rings. The summed E-state index contributed by atoms with van der Waals surface area (Å²) in [4.78, 5) is 24.6. The summed E-state index contributed by atoms with van der Waals surface area (Å²) in [6.45, 7) is 4.86. The number of aliphatic hydroxyl groups excluding tert-OH is 2.